The minimum absolute atomic E-state index is 0.444. The molecule has 25 heavy (non-hydrogen) atoms. The quantitative estimate of drug-likeness (QED) is 0.701. The van der Waals surface area contributed by atoms with Crippen LogP contribution < -0.4 is 10.1 Å². The molecule has 0 unspecified atom stereocenters. The van der Waals surface area contributed by atoms with Crippen LogP contribution in [0.1, 0.15) is 36.8 Å². The highest BCUT2D eigenvalue weighted by atomic mass is 16.5. The predicted octanol–water partition coefficient (Wildman–Crippen LogP) is 4.79. The molecule has 0 aliphatic carbocycles. The van der Waals surface area contributed by atoms with Crippen LogP contribution in [0.4, 0.5) is 5.69 Å². The van der Waals surface area contributed by atoms with Crippen LogP contribution >= 0.6 is 0 Å². The molecule has 130 valence electrons. The standard InChI is InChI=1S/C20H23N3O2/c1-13(2)17-7-5-6-14(3)19(17)21-12-18-22-23-20(25-18)15-8-10-16(24-4)11-9-15/h5-11,13,21H,12H2,1-4H3. The fraction of sp³-hybridized carbons (Fsp3) is 0.300. The first-order valence-corrected chi connectivity index (χ1v) is 8.38. The summed E-state index contributed by atoms with van der Waals surface area (Å²) in [6.45, 7) is 6.97. The number of hydrogen-bond acceptors (Lipinski definition) is 5. The molecule has 1 heterocycles. The van der Waals surface area contributed by atoms with E-state index in [-0.39, 0.29) is 0 Å². The lowest BCUT2D eigenvalue weighted by atomic mass is 9.98. The molecule has 0 saturated heterocycles. The van der Waals surface area contributed by atoms with Gasteiger partial charge in [-0.3, -0.25) is 0 Å². The van der Waals surface area contributed by atoms with Crippen LogP contribution in [0.2, 0.25) is 0 Å². The van der Waals surface area contributed by atoms with Crippen molar-refractivity contribution in [2.45, 2.75) is 33.2 Å². The van der Waals surface area contributed by atoms with Crippen molar-refractivity contribution in [1.82, 2.24) is 10.2 Å². The highest BCUT2D eigenvalue weighted by molar-refractivity contribution is 5.58. The van der Waals surface area contributed by atoms with Gasteiger partial charge in [0.05, 0.1) is 13.7 Å². The Morgan fingerprint density at radius 3 is 2.52 bits per heavy atom. The van der Waals surface area contributed by atoms with Gasteiger partial charge in [0.2, 0.25) is 11.8 Å². The number of nitrogens with zero attached hydrogens (tertiary/aromatic N) is 2. The fourth-order valence-corrected chi connectivity index (χ4v) is 2.75. The summed E-state index contributed by atoms with van der Waals surface area (Å²) in [7, 11) is 1.64. The lowest BCUT2D eigenvalue weighted by Crippen LogP contribution is -2.05. The predicted molar refractivity (Wildman–Crippen MR) is 98.9 cm³/mol. The Morgan fingerprint density at radius 1 is 1.08 bits per heavy atom. The number of nitrogens with one attached hydrogen (secondary N) is 1. The highest BCUT2D eigenvalue weighted by Gasteiger charge is 2.12. The molecule has 3 aromatic rings. The largest absolute Gasteiger partial charge is 0.497 e. The van der Waals surface area contributed by atoms with Gasteiger partial charge in [-0.25, -0.2) is 0 Å². The summed E-state index contributed by atoms with van der Waals surface area (Å²) in [5, 5.41) is 11.7. The van der Waals surface area contributed by atoms with Crippen molar-refractivity contribution in [3.05, 3.63) is 59.5 Å². The Labute approximate surface area is 148 Å². The summed E-state index contributed by atoms with van der Waals surface area (Å²) in [4.78, 5) is 0. The van der Waals surface area contributed by atoms with Crippen molar-refractivity contribution in [2.75, 3.05) is 12.4 Å². The Kier molecular flexibility index (Phi) is 5.03. The number of ether oxygens (including phenoxy) is 1. The van der Waals surface area contributed by atoms with Crippen LogP contribution in [-0.2, 0) is 6.54 Å². The Bertz CT molecular complexity index is 838. The van der Waals surface area contributed by atoms with Crippen LogP contribution in [0.5, 0.6) is 5.75 Å². The van der Waals surface area contributed by atoms with Crippen LogP contribution in [0.3, 0.4) is 0 Å². The second-order valence-electron chi connectivity index (χ2n) is 6.28. The number of para-hydroxylation sites is 1. The van der Waals surface area contributed by atoms with Crippen LogP contribution in [0, 0.1) is 6.92 Å². The average molecular weight is 337 g/mol. The zero-order chi connectivity index (χ0) is 17.8. The second kappa shape index (κ2) is 7.38. The molecule has 3 rings (SSSR count). The lowest BCUT2D eigenvalue weighted by Gasteiger charge is -2.16. The third-order valence-corrected chi connectivity index (χ3v) is 4.15. The van der Waals surface area contributed by atoms with Crippen molar-refractivity contribution in [2.24, 2.45) is 0 Å². The SMILES string of the molecule is COc1ccc(-c2nnc(CNc3c(C)cccc3C(C)C)o2)cc1. The van der Waals surface area contributed by atoms with Crippen molar-refractivity contribution in [3.63, 3.8) is 0 Å². The van der Waals surface area contributed by atoms with Crippen molar-refractivity contribution >= 4 is 5.69 Å². The van der Waals surface area contributed by atoms with Crippen molar-refractivity contribution < 1.29 is 9.15 Å². The maximum atomic E-state index is 5.78. The van der Waals surface area contributed by atoms with E-state index in [0.717, 1.165) is 17.0 Å². The van der Waals surface area contributed by atoms with E-state index in [9.17, 15) is 0 Å². The maximum absolute atomic E-state index is 5.78. The molecule has 0 saturated carbocycles. The van der Waals surface area contributed by atoms with Gasteiger partial charge in [0, 0.05) is 11.3 Å². The molecule has 1 aromatic heterocycles. The Morgan fingerprint density at radius 2 is 1.84 bits per heavy atom. The summed E-state index contributed by atoms with van der Waals surface area (Å²) < 4.78 is 10.9. The third-order valence-electron chi connectivity index (χ3n) is 4.15. The summed E-state index contributed by atoms with van der Waals surface area (Å²) in [6, 6.07) is 13.9. The van der Waals surface area contributed by atoms with E-state index < -0.39 is 0 Å². The molecule has 0 amide bonds. The molecule has 5 nitrogen and oxygen atoms in total. The van der Waals surface area contributed by atoms with Gasteiger partial charge in [-0.2, -0.15) is 0 Å². The van der Waals surface area contributed by atoms with E-state index in [1.54, 1.807) is 7.11 Å². The van der Waals surface area contributed by atoms with Gasteiger partial charge in [-0.1, -0.05) is 32.0 Å². The van der Waals surface area contributed by atoms with Crippen LogP contribution in [0.25, 0.3) is 11.5 Å². The third kappa shape index (κ3) is 3.82. The van der Waals surface area contributed by atoms with E-state index in [0.29, 0.717) is 24.2 Å². The molecular weight excluding hydrogens is 314 g/mol. The molecule has 2 aromatic carbocycles. The number of methoxy groups -OCH3 is 1. The van der Waals surface area contributed by atoms with Gasteiger partial charge in [-0.15, -0.1) is 10.2 Å². The van der Waals surface area contributed by atoms with E-state index >= 15 is 0 Å². The molecule has 1 N–H and O–H groups in total. The van der Waals surface area contributed by atoms with Crippen molar-refractivity contribution in [3.8, 4) is 17.2 Å². The lowest BCUT2D eigenvalue weighted by molar-refractivity contribution is 0.415. The van der Waals surface area contributed by atoms with Gasteiger partial charge in [0.1, 0.15) is 5.75 Å². The topological polar surface area (TPSA) is 60.2 Å². The Balaban J connectivity index is 1.74. The fourth-order valence-electron chi connectivity index (χ4n) is 2.75. The zero-order valence-electron chi connectivity index (χ0n) is 15.0. The van der Waals surface area contributed by atoms with E-state index in [1.807, 2.05) is 24.3 Å². The maximum Gasteiger partial charge on any atom is 0.247 e. The molecule has 0 radical (unpaired) electrons. The summed E-state index contributed by atoms with van der Waals surface area (Å²) in [5.41, 5.74) is 4.51. The van der Waals surface area contributed by atoms with Gasteiger partial charge in [-0.05, 0) is 48.2 Å². The summed E-state index contributed by atoms with van der Waals surface area (Å²) >= 11 is 0. The molecular formula is C20H23N3O2. The van der Waals surface area contributed by atoms with E-state index in [4.69, 9.17) is 9.15 Å². The number of anilines is 1. The number of hydrogen-bond donors (Lipinski definition) is 1. The number of aryl methyl sites for hydroxylation is 1. The van der Waals surface area contributed by atoms with Gasteiger partial charge in [0.25, 0.3) is 0 Å². The first-order valence-electron chi connectivity index (χ1n) is 8.38. The normalized spacial score (nSPS) is 10.9. The highest BCUT2D eigenvalue weighted by Crippen LogP contribution is 2.28. The summed E-state index contributed by atoms with van der Waals surface area (Å²) in [6.07, 6.45) is 0. The average Bonchev–Trinajstić information content (AvgIpc) is 3.09. The van der Waals surface area contributed by atoms with Gasteiger partial charge < -0.3 is 14.5 Å². The van der Waals surface area contributed by atoms with Crippen molar-refractivity contribution in [1.29, 1.82) is 0 Å². The molecule has 0 atom stereocenters. The first kappa shape index (κ1) is 17.0. The molecule has 0 aliphatic rings. The second-order valence-corrected chi connectivity index (χ2v) is 6.28. The van der Waals surface area contributed by atoms with E-state index in [2.05, 4.69) is 54.5 Å². The van der Waals surface area contributed by atoms with E-state index in [1.165, 1.54) is 11.1 Å². The molecule has 0 fully saturated rings. The minimum atomic E-state index is 0.444. The molecule has 0 bridgehead atoms. The number of benzene rings is 2. The first-order chi connectivity index (χ1) is 12.1. The van der Waals surface area contributed by atoms with Crippen LogP contribution in [-0.4, -0.2) is 17.3 Å². The smallest absolute Gasteiger partial charge is 0.247 e. The molecule has 0 aliphatic heterocycles. The minimum Gasteiger partial charge on any atom is -0.497 e. The Hall–Kier alpha value is -2.82. The molecule has 0 spiro atoms. The van der Waals surface area contributed by atoms with Crippen LogP contribution in [0.15, 0.2) is 46.9 Å². The molecule has 5 heteroatoms. The zero-order valence-corrected chi connectivity index (χ0v) is 15.0. The summed E-state index contributed by atoms with van der Waals surface area (Å²) in [5.74, 6) is 2.31. The number of aromatic nitrogens is 2. The van der Waals surface area contributed by atoms with Gasteiger partial charge >= 0.3 is 0 Å². The number of rotatable bonds is 6. The monoisotopic (exact) mass is 337 g/mol. The van der Waals surface area contributed by atoms with Gasteiger partial charge in [0.15, 0.2) is 0 Å².